The van der Waals surface area contributed by atoms with Crippen LogP contribution in [0.1, 0.15) is 60.2 Å². The Hall–Kier alpha value is -1.59. The first-order valence-electron chi connectivity index (χ1n) is 7.82. The maximum Gasteiger partial charge on any atom is 0.256 e. The molecule has 0 aliphatic heterocycles. The Balaban J connectivity index is 2.29. The maximum atomic E-state index is 12.8. The minimum Gasteiger partial charge on any atom is -0.345 e. The zero-order chi connectivity index (χ0) is 17.9. The number of nitrogens with one attached hydrogen (secondary N) is 1. The van der Waals surface area contributed by atoms with Crippen LogP contribution in [0.25, 0.3) is 0 Å². The highest BCUT2D eigenvalue weighted by atomic mass is 35.5. The van der Waals surface area contributed by atoms with E-state index in [0.29, 0.717) is 21.3 Å². The van der Waals surface area contributed by atoms with E-state index in [9.17, 15) is 4.79 Å². The lowest BCUT2D eigenvalue weighted by molar-refractivity contribution is 0.0935. The number of aryl methyl sites for hydroxylation is 1. The molecule has 1 heterocycles. The third-order valence-corrected chi connectivity index (χ3v) is 4.62. The van der Waals surface area contributed by atoms with E-state index in [-0.39, 0.29) is 17.9 Å². The molecule has 0 aliphatic rings. The highest BCUT2D eigenvalue weighted by Gasteiger charge is 2.21. The number of hydrogen-bond acceptors (Lipinski definition) is 4. The van der Waals surface area contributed by atoms with E-state index in [1.54, 1.807) is 0 Å². The third-order valence-electron chi connectivity index (χ3n) is 3.71. The molecule has 24 heavy (non-hydrogen) atoms. The van der Waals surface area contributed by atoms with E-state index < -0.39 is 0 Å². The molecule has 2 rings (SSSR count). The first kappa shape index (κ1) is 18.7. The van der Waals surface area contributed by atoms with Gasteiger partial charge in [-0.1, -0.05) is 37.6 Å². The van der Waals surface area contributed by atoms with Gasteiger partial charge in [-0.15, -0.1) is 11.8 Å². The fourth-order valence-electron chi connectivity index (χ4n) is 2.36. The minimum atomic E-state index is -0.167. The van der Waals surface area contributed by atoms with E-state index in [1.165, 1.54) is 11.8 Å². The van der Waals surface area contributed by atoms with Crippen LogP contribution in [0.3, 0.4) is 0 Å². The molecular formula is C18H22ClN3OS. The molecule has 1 amide bonds. The van der Waals surface area contributed by atoms with Crippen LogP contribution < -0.4 is 5.32 Å². The summed E-state index contributed by atoms with van der Waals surface area (Å²) in [5, 5.41) is 4.38. The van der Waals surface area contributed by atoms with Gasteiger partial charge in [-0.05, 0) is 37.8 Å². The van der Waals surface area contributed by atoms with Crippen molar-refractivity contribution in [1.82, 2.24) is 15.3 Å². The summed E-state index contributed by atoms with van der Waals surface area (Å²) < 4.78 is 0. The van der Waals surface area contributed by atoms with Gasteiger partial charge in [0, 0.05) is 10.9 Å². The number of halogens is 1. The highest BCUT2D eigenvalue weighted by Crippen LogP contribution is 2.24. The Labute approximate surface area is 152 Å². The first-order valence-corrected chi connectivity index (χ1v) is 9.42. The molecule has 2 aromatic rings. The van der Waals surface area contributed by atoms with Crippen LogP contribution in [-0.4, -0.2) is 22.1 Å². The van der Waals surface area contributed by atoms with E-state index in [1.807, 2.05) is 58.2 Å². The fourth-order valence-corrected chi connectivity index (χ4v) is 3.19. The van der Waals surface area contributed by atoms with Gasteiger partial charge in [-0.3, -0.25) is 4.79 Å². The van der Waals surface area contributed by atoms with Crippen molar-refractivity contribution in [3.63, 3.8) is 0 Å². The van der Waals surface area contributed by atoms with E-state index in [2.05, 4.69) is 15.3 Å². The minimum absolute atomic E-state index is 0.157. The number of thioether (sulfide) groups is 1. The zero-order valence-corrected chi connectivity index (χ0v) is 16.1. The molecule has 0 saturated carbocycles. The molecule has 1 unspecified atom stereocenters. The summed E-state index contributed by atoms with van der Waals surface area (Å²) >= 11 is 7.49. The zero-order valence-electron chi connectivity index (χ0n) is 14.6. The summed E-state index contributed by atoms with van der Waals surface area (Å²) in [6, 6.07) is 7.33. The second kappa shape index (κ2) is 7.99. The van der Waals surface area contributed by atoms with Gasteiger partial charge in [0.2, 0.25) is 0 Å². The van der Waals surface area contributed by atoms with Gasteiger partial charge in [-0.25, -0.2) is 9.97 Å². The average molecular weight is 364 g/mol. The number of hydrogen-bond donors (Lipinski definition) is 1. The van der Waals surface area contributed by atoms with Crippen LogP contribution in [0, 0.1) is 6.92 Å². The lowest BCUT2D eigenvalue weighted by Crippen LogP contribution is -2.28. The number of nitrogens with zero attached hydrogens (tertiary/aromatic N) is 2. The standard InChI is InChI=1S/C18H22ClN3OS/c1-10(2)16-20-12(4)15(18(22-16)24-5)17(23)21-11(3)13-7-6-8-14(19)9-13/h6-11H,1-5H3,(H,21,23). The van der Waals surface area contributed by atoms with Crippen molar-refractivity contribution < 1.29 is 4.79 Å². The van der Waals surface area contributed by atoms with Gasteiger partial charge in [-0.2, -0.15) is 0 Å². The van der Waals surface area contributed by atoms with Crippen LogP contribution in [0.2, 0.25) is 5.02 Å². The van der Waals surface area contributed by atoms with Gasteiger partial charge in [0.05, 0.1) is 17.3 Å². The third kappa shape index (κ3) is 4.28. The van der Waals surface area contributed by atoms with E-state index in [0.717, 1.165) is 11.4 Å². The largest absolute Gasteiger partial charge is 0.345 e. The second-order valence-electron chi connectivity index (χ2n) is 5.96. The van der Waals surface area contributed by atoms with Crippen molar-refractivity contribution in [3.8, 4) is 0 Å². The molecule has 4 nitrogen and oxygen atoms in total. The predicted molar refractivity (Wildman–Crippen MR) is 100.0 cm³/mol. The van der Waals surface area contributed by atoms with Crippen molar-refractivity contribution in [2.45, 2.75) is 44.7 Å². The van der Waals surface area contributed by atoms with Crippen molar-refractivity contribution in [3.05, 3.63) is 51.9 Å². The molecule has 1 aromatic carbocycles. The SMILES string of the molecule is CSc1nc(C(C)C)nc(C)c1C(=O)NC(C)c1cccc(Cl)c1. The number of amides is 1. The van der Waals surface area contributed by atoms with Gasteiger partial charge in [0.25, 0.3) is 5.91 Å². The Kier molecular flexibility index (Phi) is 6.24. The Morgan fingerprint density at radius 2 is 1.96 bits per heavy atom. The molecule has 0 saturated heterocycles. The Morgan fingerprint density at radius 3 is 2.54 bits per heavy atom. The quantitative estimate of drug-likeness (QED) is 0.613. The topological polar surface area (TPSA) is 54.9 Å². The molecule has 1 N–H and O–H groups in total. The van der Waals surface area contributed by atoms with E-state index in [4.69, 9.17) is 11.6 Å². The highest BCUT2D eigenvalue weighted by molar-refractivity contribution is 7.98. The number of benzene rings is 1. The molecule has 0 bridgehead atoms. The number of rotatable bonds is 5. The molecule has 1 atom stereocenters. The van der Waals surface area contributed by atoms with Gasteiger partial charge in [0.1, 0.15) is 10.9 Å². The van der Waals surface area contributed by atoms with Gasteiger partial charge < -0.3 is 5.32 Å². The number of aromatic nitrogens is 2. The summed E-state index contributed by atoms with van der Waals surface area (Å²) in [6.45, 7) is 7.87. The molecule has 0 spiro atoms. The fraction of sp³-hybridized carbons (Fsp3) is 0.389. The predicted octanol–water partition coefficient (Wildman–Crippen LogP) is 4.77. The normalized spacial score (nSPS) is 12.3. The average Bonchev–Trinajstić information content (AvgIpc) is 2.53. The lowest BCUT2D eigenvalue weighted by atomic mass is 10.1. The first-order chi connectivity index (χ1) is 11.3. The number of carbonyl (C=O) groups is 1. The summed E-state index contributed by atoms with van der Waals surface area (Å²) in [4.78, 5) is 21.8. The molecule has 6 heteroatoms. The number of carbonyl (C=O) groups excluding carboxylic acids is 1. The van der Waals surface area contributed by atoms with Crippen molar-refractivity contribution in [1.29, 1.82) is 0 Å². The second-order valence-corrected chi connectivity index (χ2v) is 7.19. The Morgan fingerprint density at radius 1 is 1.25 bits per heavy atom. The van der Waals surface area contributed by atoms with Crippen molar-refractivity contribution in [2.75, 3.05) is 6.26 Å². The van der Waals surface area contributed by atoms with Crippen LogP contribution in [0.5, 0.6) is 0 Å². The molecule has 0 aliphatic carbocycles. The van der Waals surface area contributed by atoms with Gasteiger partial charge >= 0.3 is 0 Å². The van der Waals surface area contributed by atoms with Crippen LogP contribution in [0.4, 0.5) is 0 Å². The summed E-state index contributed by atoms with van der Waals surface area (Å²) in [7, 11) is 0. The Bertz CT molecular complexity index is 749. The van der Waals surface area contributed by atoms with Crippen LogP contribution >= 0.6 is 23.4 Å². The molecule has 0 fully saturated rings. The van der Waals surface area contributed by atoms with Gasteiger partial charge in [0.15, 0.2) is 0 Å². The monoisotopic (exact) mass is 363 g/mol. The molecule has 1 aromatic heterocycles. The van der Waals surface area contributed by atoms with Crippen LogP contribution in [-0.2, 0) is 0 Å². The smallest absolute Gasteiger partial charge is 0.256 e. The van der Waals surface area contributed by atoms with Crippen molar-refractivity contribution >= 4 is 29.3 Å². The molecule has 0 radical (unpaired) electrons. The lowest BCUT2D eigenvalue weighted by Gasteiger charge is -2.17. The molecular weight excluding hydrogens is 342 g/mol. The summed E-state index contributed by atoms with van der Waals surface area (Å²) in [5.41, 5.74) is 2.20. The van der Waals surface area contributed by atoms with Crippen LogP contribution in [0.15, 0.2) is 29.3 Å². The summed E-state index contributed by atoms with van der Waals surface area (Å²) in [6.07, 6.45) is 1.92. The summed E-state index contributed by atoms with van der Waals surface area (Å²) in [5.74, 6) is 0.813. The molecule has 128 valence electrons. The van der Waals surface area contributed by atoms with E-state index >= 15 is 0 Å². The van der Waals surface area contributed by atoms with Crippen molar-refractivity contribution in [2.24, 2.45) is 0 Å². The maximum absolute atomic E-state index is 12.8.